The molecule has 1 fully saturated rings. The molecule has 4 aromatic rings. The van der Waals surface area contributed by atoms with Crippen molar-refractivity contribution in [1.29, 1.82) is 0 Å². The van der Waals surface area contributed by atoms with E-state index in [4.69, 9.17) is 87.1 Å². The van der Waals surface area contributed by atoms with Gasteiger partial charge in [-0.15, -0.1) is 15.3 Å². The Labute approximate surface area is 640 Å². The normalized spacial score (nSPS) is 12.2. The molecule has 1 saturated heterocycles. The summed E-state index contributed by atoms with van der Waals surface area (Å²) in [5, 5.41) is 62.3. The van der Waals surface area contributed by atoms with Crippen LogP contribution in [0.15, 0.2) is 105 Å². The minimum Gasteiger partial charge on any atom is -0.506 e. The summed E-state index contributed by atoms with van der Waals surface area (Å²) in [7, 11) is 0. The molecule has 1 heterocycles. The van der Waals surface area contributed by atoms with E-state index in [0.29, 0.717) is 206 Å². The highest BCUT2D eigenvalue weighted by molar-refractivity contribution is 6.02. The van der Waals surface area contributed by atoms with E-state index < -0.39 is 53.1 Å². The number of azo groups is 2. The van der Waals surface area contributed by atoms with E-state index in [0.717, 1.165) is 11.1 Å². The van der Waals surface area contributed by atoms with E-state index in [1.165, 1.54) is 36.4 Å². The van der Waals surface area contributed by atoms with E-state index in [9.17, 15) is 48.6 Å². The third-order valence-corrected chi connectivity index (χ3v) is 13.6. The van der Waals surface area contributed by atoms with Gasteiger partial charge in [-0.3, -0.25) is 24.0 Å². The molecule has 4 aromatic carbocycles. The first kappa shape index (κ1) is 94.9. The number of carboxylic acid groups (broad SMARTS) is 2. The molecular formula is C74H109N9O27. The zero-order valence-corrected chi connectivity index (χ0v) is 63.6. The molecule has 110 heavy (non-hydrogen) atoms. The topological polar surface area (TPSA) is 471 Å². The van der Waals surface area contributed by atoms with Crippen LogP contribution < -0.4 is 21.7 Å². The lowest BCUT2D eigenvalue weighted by Crippen LogP contribution is -2.33. The quantitative estimate of drug-likeness (QED) is 0.0119. The maximum Gasteiger partial charge on any atom is 0.407 e. The number of carbonyl (C=O) groups is 8. The lowest BCUT2D eigenvalue weighted by Gasteiger charge is -2.19. The van der Waals surface area contributed by atoms with Gasteiger partial charge >= 0.3 is 30.1 Å². The number of nitrogens with one attached hydrogen (secondary N) is 3. The van der Waals surface area contributed by atoms with Crippen molar-refractivity contribution in [1.82, 2.24) is 21.0 Å². The van der Waals surface area contributed by atoms with Crippen molar-refractivity contribution >= 4 is 70.6 Å². The predicted octanol–water partition coefficient (Wildman–Crippen LogP) is 7.79. The summed E-state index contributed by atoms with van der Waals surface area (Å²) in [6, 6.07) is 22.2. The van der Waals surface area contributed by atoms with E-state index in [2.05, 4.69) is 36.4 Å². The maximum atomic E-state index is 12.5. The summed E-state index contributed by atoms with van der Waals surface area (Å²) in [5.74, 6) is -4.07. The van der Waals surface area contributed by atoms with Crippen molar-refractivity contribution in [3.63, 3.8) is 0 Å². The standard InChI is InChI=1S/C35H52N4O12.C24H26N4O7.C15H31NO8/c1-35(2,3)51-34(44)37-12-10-27-4-9-31(40)30(26-27)39-38-29-7-5-28(6-8-29)33(43)36-13-15-46-17-19-48-21-23-50-25-24-49-22-20-47-18-16-45-14-11-32(41)42;1-24(2,3)34-23(33)25-13-12-15-4-9-19(29)18(14-15)27-26-17-7-5-16(6-8-17)22(32)35-28-20(30)10-11-21(28)31;16-2-4-20-6-8-22-10-12-24-14-13-23-11-9-21-7-5-19-3-1-15(17)18/h4-9,26,40H,10-25H2,1-3H3,(H,36,43)(H,37,44)(H,41,42);4-9,14,29H,10-13H2,1-3H3,(H,25,33);1-14,16H2,(H,17,18). The van der Waals surface area contributed by atoms with Crippen molar-refractivity contribution in [2.24, 2.45) is 26.2 Å². The van der Waals surface area contributed by atoms with E-state index in [-0.39, 0.29) is 73.2 Å². The Morgan fingerprint density at radius 3 is 1.05 bits per heavy atom. The number of aliphatic carboxylic acids is 2. The number of nitrogens with zero attached hydrogens (tertiary/aromatic N) is 5. The van der Waals surface area contributed by atoms with Crippen LogP contribution in [0.25, 0.3) is 0 Å². The van der Waals surface area contributed by atoms with Crippen molar-refractivity contribution in [3.8, 4) is 11.5 Å². The van der Waals surface area contributed by atoms with Gasteiger partial charge in [0, 0.05) is 44.6 Å². The molecule has 36 nitrogen and oxygen atoms in total. The number of aromatic hydroxyl groups is 2. The number of rotatable bonds is 54. The number of carbonyl (C=O) groups excluding carboxylic acids is 6. The van der Waals surface area contributed by atoms with Crippen LogP contribution in [-0.4, -0.2) is 269 Å². The van der Waals surface area contributed by atoms with Gasteiger partial charge in [0.2, 0.25) is 0 Å². The van der Waals surface area contributed by atoms with Gasteiger partial charge < -0.3 is 113 Å². The Kier molecular flexibility index (Phi) is 49.8. The molecule has 0 atom stereocenters. The number of carboxylic acids is 2. The zero-order valence-electron chi connectivity index (χ0n) is 63.6. The predicted molar refractivity (Wildman–Crippen MR) is 396 cm³/mol. The Morgan fingerprint density at radius 2 is 0.727 bits per heavy atom. The first-order valence-corrected chi connectivity index (χ1v) is 35.9. The van der Waals surface area contributed by atoms with Gasteiger partial charge in [-0.05, 0) is 138 Å². The number of benzene rings is 4. The van der Waals surface area contributed by atoms with Gasteiger partial charge in [0.1, 0.15) is 34.1 Å². The van der Waals surface area contributed by atoms with Crippen LogP contribution in [0.3, 0.4) is 0 Å². The second-order valence-corrected chi connectivity index (χ2v) is 25.1. The molecule has 0 saturated carbocycles. The fourth-order valence-corrected chi connectivity index (χ4v) is 8.36. The summed E-state index contributed by atoms with van der Waals surface area (Å²) >= 11 is 0. The number of hydroxylamine groups is 2. The van der Waals surface area contributed by atoms with Gasteiger partial charge in [0.05, 0.1) is 188 Å². The minimum atomic E-state index is -0.889. The molecular weight excluding hydrogens is 1450 g/mol. The summed E-state index contributed by atoms with van der Waals surface area (Å²) in [6.45, 7) is 22.5. The molecule has 0 aliphatic carbocycles. The SMILES string of the molecule is CC(C)(C)OC(=O)NCCc1ccc(O)c(N=Nc2ccc(C(=O)NCCOCCOCCOCCOCCOCCOCCC(=O)O)cc2)c1.CC(C)(C)OC(=O)NCCc1ccc(O)c(N=Nc2ccc(C(=O)ON3C(=O)CCC3=O)cc2)c1.NCCOCCOCCOCCOCCOCCOCCC(=O)O. The molecule has 0 radical (unpaired) electrons. The fraction of sp³-hybridized carbons (Fsp3) is 0.568. The molecule has 612 valence electrons. The Morgan fingerprint density at radius 1 is 0.409 bits per heavy atom. The van der Waals surface area contributed by atoms with Gasteiger partial charge in [0.15, 0.2) is 0 Å². The Bertz CT molecular complexity index is 3340. The van der Waals surface area contributed by atoms with Crippen molar-refractivity contribution in [3.05, 3.63) is 107 Å². The summed E-state index contributed by atoms with van der Waals surface area (Å²) in [6.07, 6.45) is 0.00732. The molecule has 1 aliphatic heterocycles. The van der Waals surface area contributed by atoms with Gasteiger partial charge in [0.25, 0.3) is 17.7 Å². The Hall–Kier alpha value is -9.28. The van der Waals surface area contributed by atoms with Gasteiger partial charge in [-0.1, -0.05) is 12.1 Å². The molecule has 9 N–H and O–H groups in total. The first-order valence-electron chi connectivity index (χ1n) is 35.9. The number of phenols is 2. The minimum absolute atomic E-state index is 0.0101. The van der Waals surface area contributed by atoms with Crippen molar-refractivity contribution in [2.45, 2.75) is 91.3 Å². The zero-order chi connectivity index (χ0) is 80.5. The van der Waals surface area contributed by atoms with E-state index >= 15 is 0 Å². The number of amides is 5. The Balaban J connectivity index is 0.000000460. The van der Waals surface area contributed by atoms with Crippen molar-refractivity contribution < 1.29 is 130 Å². The second kappa shape index (κ2) is 57.8. The lowest BCUT2D eigenvalue weighted by atomic mass is 10.1. The van der Waals surface area contributed by atoms with Crippen LogP contribution in [-0.2, 0) is 103 Å². The number of hydrogen-bond donors (Lipinski definition) is 8. The summed E-state index contributed by atoms with van der Waals surface area (Å²) in [5.41, 5.74) is 7.77. The summed E-state index contributed by atoms with van der Waals surface area (Å²) in [4.78, 5) is 96.8. The average molecular weight is 1560 g/mol. The van der Waals surface area contributed by atoms with Crippen LogP contribution >= 0.6 is 0 Å². The van der Waals surface area contributed by atoms with E-state index in [1.54, 1.807) is 90.1 Å². The van der Waals surface area contributed by atoms with Crippen LogP contribution in [0, 0.1) is 0 Å². The molecule has 1 aliphatic rings. The van der Waals surface area contributed by atoms with Crippen LogP contribution in [0.5, 0.6) is 11.5 Å². The monoisotopic (exact) mass is 1560 g/mol. The fourth-order valence-electron chi connectivity index (χ4n) is 8.36. The second-order valence-electron chi connectivity index (χ2n) is 25.1. The highest BCUT2D eigenvalue weighted by Gasteiger charge is 2.33. The van der Waals surface area contributed by atoms with Gasteiger partial charge in [-0.2, -0.15) is 10.2 Å². The number of imide groups is 1. The summed E-state index contributed by atoms with van der Waals surface area (Å²) < 4.78 is 74.1. The largest absolute Gasteiger partial charge is 0.506 e. The van der Waals surface area contributed by atoms with E-state index in [1.807, 2.05) is 0 Å². The molecule has 0 unspecified atom stereocenters. The number of phenolic OH excluding ortho intramolecular Hbond substituents is 2. The molecule has 36 heteroatoms. The van der Waals surface area contributed by atoms with Crippen LogP contribution in [0.4, 0.5) is 32.3 Å². The third kappa shape index (κ3) is 49.0. The molecule has 0 bridgehead atoms. The van der Waals surface area contributed by atoms with Crippen molar-refractivity contribution in [2.75, 3.05) is 185 Å². The maximum absolute atomic E-state index is 12.5. The highest BCUT2D eigenvalue weighted by atomic mass is 16.7. The average Bonchev–Trinajstić information content (AvgIpc) is 1.57. The van der Waals surface area contributed by atoms with Crippen LogP contribution in [0.1, 0.15) is 99.1 Å². The molecule has 0 spiro atoms. The molecule has 5 rings (SSSR count). The van der Waals surface area contributed by atoms with Crippen LogP contribution in [0.2, 0.25) is 0 Å². The highest BCUT2D eigenvalue weighted by Crippen LogP contribution is 2.31. The number of nitrogens with two attached hydrogens (primary N) is 1. The number of alkyl carbamates (subject to hydrolysis) is 2. The third-order valence-electron chi connectivity index (χ3n) is 13.6. The smallest absolute Gasteiger partial charge is 0.407 e. The molecule has 5 amide bonds. The number of hydrogen-bond acceptors (Lipinski definition) is 30. The van der Waals surface area contributed by atoms with Gasteiger partial charge in [-0.25, -0.2) is 14.4 Å². The molecule has 0 aromatic heterocycles. The number of ether oxygens (including phenoxy) is 14. The first-order chi connectivity index (χ1) is 52.8. The lowest BCUT2D eigenvalue weighted by molar-refractivity contribution is -0.172.